The highest BCUT2D eigenvalue weighted by atomic mass is 32.1. The van der Waals surface area contributed by atoms with Crippen LogP contribution in [-0.4, -0.2) is 54.6 Å². The molecule has 1 unspecified atom stereocenters. The first-order valence-electron chi connectivity index (χ1n) is 6.89. The third-order valence-corrected chi connectivity index (χ3v) is 4.58. The highest BCUT2D eigenvalue weighted by Gasteiger charge is 2.21. The van der Waals surface area contributed by atoms with Crippen LogP contribution in [0.3, 0.4) is 0 Å². The molecule has 2 heterocycles. The van der Waals surface area contributed by atoms with Crippen molar-refractivity contribution < 1.29 is 9.90 Å². The van der Waals surface area contributed by atoms with Gasteiger partial charge in [-0.3, -0.25) is 0 Å². The van der Waals surface area contributed by atoms with Gasteiger partial charge in [-0.1, -0.05) is 0 Å². The molecule has 1 aromatic rings. The molecule has 0 spiro atoms. The van der Waals surface area contributed by atoms with E-state index in [1.54, 1.807) is 17.4 Å². The van der Waals surface area contributed by atoms with Gasteiger partial charge in [0.05, 0.1) is 0 Å². The van der Waals surface area contributed by atoms with Crippen LogP contribution in [0.15, 0.2) is 17.5 Å². The first-order chi connectivity index (χ1) is 9.54. The average Bonchev–Trinajstić information content (AvgIpc) is 2.96. The lowest BCUT2D eigenvalue weighted by molar-refractivity contribution is -0.131. The summed E-state index contributed by atoms with van der Waals surface area (Å²) in [5.41, 5.74) is 1.02. The van der Waals surface area contributed by atoms with E-state index in [1.165, 1.54) is 30.5 Å². The standard InChI is InChI=1S/C15H22N2O2S/c1-16-7-5-12(9-16)10-17(2)11-14-13(6-8-20-14)3-4-15(18)19/h3-4,6,8,12H,5,7,9-11H2,1-2H3,(H,18,19). The largest absolute Gasteiger partial charge is 0.478 e. The van der Waals surface area contributed by atoms with Crippen LogP contribution in [0.4, 0.5) is 0 Å². The lowest BCUT2D eigenvalue weighted by Gasteiger charge is -2.20. The van der Waals surface area contributed by atoms with Gasteiger partial charge in [-0.15, -0.1) is 11.3 Å². The van der Waals surface area contributed by atoms with E-state index in [-0.39, 0.29) is 0 Å². The van der Waals surface area contributed by atoms with Gasteiger partial charge in [0.25, 0.3) is 0 Å². The van der Waals surface area contributed by atoms with E-state index < -0.39 is 5.97 Å². The van der Waals surface area contributed by atoms with E-state index in [4.69, 9.17) is 5.11 Å². The van der Waals surface area contributed by atoms with Crippen molar-refractivity contribution in [2.24, 2.45) is 5.92 Å². The second kappa shape index (κ2) is 7.02. The Hall–Kier alpha value is -1.17. The molecule has 5 heteroatoms. The first-order valence-corrected chi connectivity index (χ1v) is 7.77. The van der Waals surface area contributed by atoms with Gasteiger partial charge >= 0.3 is 5.97 Å². The molecular formula is C15H22N2O2S. The summed E-state index contributed by atoms with van der Waals surface area (Å²) in [5, 5.41) is 10.7. The Labute approximate surface area is 124 Å². The maximum absolute atomic E-state index is 10.6. The minimum Gasteiger partial charge on any atom is -0.478 e. The summed E-state index contributed by atoms with van der Waals surface area (Å²) < 4.78 is 0. The third-order valence-electron chi connectivity index (χ3n) is 3.66. The van der Waals surface area contributed by atoms with Crippen molar-refractivity contribution in [3.8, 4) is 0 Å². The lowest BCUT2D eigenvalue weighted by atomic mass is 10.1. The van der Waals surface area contributed by atoms with Crippen LogP contribution in [0.2, 0.25) is 0 Å². The molecular weight excluding hydrogens is 272 g/mol. The SMILES string of the molecule is CN1CCC(CN(C)Cc2sccc2C=CC(=O)O)C1. The Morgan fingerprint density at radius 1 is 1.65 bits per heavy atom. The van der Waals surface area contributed by atoms with E-state index in [0.717, 1.165) is 24.6 Å². The van der Waals surface area contributed by atoms with Crippen molar-refractivity contribution in [3.63, 3.8) is 0 Å². The number of hydrogen-bond acceptors (Lipinski definition) is 4. The van der Waals surface area contributed by atoms with Crippen LogP contribution in [0.1, 0.15) is 16.9 Å². The molecule has 4 nitrogen and oxygen atoms in total. The summed E-state index contributed by atoms with van der Waals surface area (Å²) in [6.45, 7) is 4.37. The number of rotatable bonds is 6. The molecule has 1 aromatic heterocycles. The summed E-state index contributed by atoms with van der Waals surface area (Å²) in [6, 6.07) is 1.98. The predicted molar refractivity (Wildman–Crippen MR) is 82.9 cm³/mol. The number of likely N-dealkylation sites (tertiary alicyclic amines) is 1. The second-order valence-corrected chi connectivity index (χ2v) is 6.59. The smallest absolute Gasteiger partial charge is 0.328 e. The molecule has 1 N–H and O–H groups in total. The summed E-state index contributed by atoms with van der Waals surface area (Å²) in [4.78, 5) is 16.5. The van der Waals surface area contributed by atoms with E-state index in [9.17, 15) is 4.79 Å². The van der Waals surface area contributed by atoms with E-state index in [0.29, 0.717) is 0 Å². The molecule has 0 aromatic carbocycles. The summed E-state index contributed by atoms with van der Waals surface area (Å²) in [7, 11) is 4.32. The van der Waals surface area contributed by atoms with E-state index in [2.05, 4.69) is 23.9 Å². The Kier molecular flexibility index (Phi) is 5.34. The molecule has 1 atom stereocenters. The molecule has 110 valence electrons. The van der Waals surface area contributed by atoms with Gasteiger partial charge in [-0.25, -0.2) is 4.79 Å². The molecule has 20 heavy (non-hydrogen) atoms. The summed E-state index contributed by atoms with van der Waals surface area (Å²) in [5.74, 6) is -0.146. The number of carbonyl (C=O) groups is 1. The summed E-state index contributed by atoms with van der Waals surface area (Å²) >= 11 is 1.69. The molecule has 1 aliphatic rings. The maximum atomic E-state index is 10.6. The first kappa shape index (κ1) is 15.2. The Morgan fingerprint density at radius 3 is 3.10 bits per heavy atom. The fraction of sp³-hybridized carbons (Fsp3) is 0.533. The van der Waals surface area contributed by atoms with Crippen molar-refractivity contribution in [2.75, 3.05) is 33.7 Å². The van der Waals surface area contributed by atoms with Gasteiger partial charge in [0, 0.05) is 30.6 Å². The Balaban J connectivity index is 1.89. The molecule has 1 aliphatic heterocycles. The Morgan fingerprint density at radius 2 is 2.45 bits per heavy atom. The molecule has 0 amide bonds. The van der Waals surface area contributed by atoms with Gasteiger partial charge in [-0.05, 0) is 56.1 Å². The fourth-order valence-electron chi connectivity index (χ4n) is 2.71. The maximum Gasteiger partial charge on any atom is 0.328 e. The highest BCUT2D eigenvalue weighted by molar-refractivity contribution is 7.10. The van der Waals surface area contributed by atoms with Crippen LogP contribution < -0.4 is 0 Å². The number of carboxylic acid groups (broad SMARTS) is 1. The fourth-order valence-corrected chi connectivity index (χ4v) is 3.66. The number of hydrogen-bond donors (Lipinski definition) is 1. The lowest BCUT2D eigenvalue weighted by Crippen LogP contribution is -2.27. The van der Waals surface area contributed by atoms with Crippen LogP contribution in [-0.2, 0) is 11.3 Å². The highest BCUT2D eigenvalue weighted by Crippen LogP contribution is 2.22. The molecule has 0 saturated carbocycles. The molecule has 2 rings (SSSR count). The van der Waals surface area contributed by atoms with Gasteiger partial charge in [0.2, 0.25) is 0 Å². The van der Waals surface area contributed by atoms with Crippen LogP contribution >= 0.6 is 11.3 Å². The van der Waals surface area contributed by atoms with Gasteiger partial charge in [-0.2, -0.15) is 0 Å². The summed E-state index contributed by atoms with van der Waals surface area (Å²) in [6.07, 6.45) is 4.17. The minimum absolute atomic E-state index is 0.753. The third kappa shape index (κ3) is 4.44. The normalized spacial score (nSPS) is 20.2. The number of aliphatic carboxylic acids is 1. The van der Waals surface area contributed by atoms with Crippen molar-refractivity contribution in [3.05, 3.63) is 28.0 Å². The minimum atomic E-state index is -0.899. The molecule has 1 saturated heterocycles. The van der Waals surface area contributed by atoms with Crippen molar-refractivity contribution in [1.29, 1.82) is 0 Å². The molecule has 0 radical (unpaired) electrons. The van der Waals surface area contributed by atoms with Crippen LogP contribution in [0, 0.1) is 5.92 Å². The monoisotopic (exact) mass is 294 g/mol. The van der Waals surface area contributed by atoms with E-state index >= 15 is 0 Å². The molecule has 0 bridgehead atoms. The van der Waals surface area contributed by atoms with Crippen molar-refractivity contribution in [1.82, 2.24) is 9.80 Å². The topological polar surface area (TPSA) is 43.8 Å². The zero-order valence-corrected chi connectivity index (χ0v) is 12.9. The molecule has 0 aliphatic carbocycles. The number of carboxylic acids is 1. The van der Waals surface area contributed by atoms with Gasteiger partial charge < -0.3 is 14.9 Å². The quantitative estimate of drug-likeness (QED) is 0.817. The number of thiophene rings is 1. The van der Waals surface area contributed by atoms with E-state index in [1.807, 2.05) is 11.4 Å². The van der Waals surface area contributed by atoms with Crippen LogP contribution in [0.5, 0.6) is 0 Å². The predicted octanol–water partition coefficient (Wildman–Crippen LogP) is 2.23. The Bertz CT molecular complexity index is 484. The van der Waals surface area contributed by atoms with Crippen molar-refractivity contribution >= 4 is 23.4 Å². The zero-order chi connectivity index (χ0) is 14.5. The van der Waals surface area contributed by atoms with Crippen molar-refractivity contribution in [2.45, 2.75) is 13.0 Å². The van der Waals surface area contributed by atoms with Gasteiger partial charge in [0.1, 0.15) is 0 Å². The van der Waals surface area contributed by atoms with Crippen LogP contribution in [0.25, 0.3) is 6.08 Å². The zero-order valence-electron chi connectivity index (χ0n) is 12.1. The second-order valence-electron chi connectivity index (χ2n) is 5.58. The number of nitrogens with zero attached hydrogens (tertiary/aromatic N) is 2. The molecule has 1 fully saturated rings. The average molecular weight is 294 g/mol. The van der Waals surface area contributed by atoms with Gasteiger partial charge in [0.15, 0.2) is 0 Å².